The Bertz CT molecular complexity index is 1380. The van der Waals surface area contributed by atoms with Gasteiger partial charge in [-0.15, -0.1) is 5.10 Å². The lowest BCUT2D eigenvalue weighted by Crippen LogP contribution is -2.12. The normalized spacial score (nSPS) is 12.0. The van der Waals surface area contributed by atoms with Crippen molar-refractivity contribution in [3.05, 3.63) is 72.3 Å². The molecule has 2 heterocycles. The van der Waals surface area contributed by atoms with E-state index in [1.54, 1.807) is 36.1 Å². The van der Waals surface area contributed by atoms with Crippen LogP contribution in [-0.2, 0) is 0 Å². The highest BCUT2D eigenvalue weighted by Crippen LogP contribution is 2.36. The van der Waals surface area contributed by atoms with Crippen LogP contribution in [0.15, 0.2) is 66.7 Å². The molecule has 0 aliphatic carbocycles. The van der Waals surface area contributed by atoms with Gasteiger partial charge in [0.05, 0.1) is 19.4 Å². The number of nitrogens with zero attached hydrogens (tertiary/aromatic N) is 3. The number of fused-ring (bicyclic) bond motifs is 1. The van der Waals surface area contributed by atoms with Crippen molar-refractivity contribution in [2.75, 3.05) is 25.8 Å². The summed E-state index contributed by atoms with van der Waals surface area (Å²) in [5, 5.41) is 7.50. The van der Waals surface area contributed by atoms with Gasteiger partial charge in [-0.2, -0.15) is 4.98 Å². The molecule has 1 aliphatic rings. The van der Waals surface area contributed by atoms with E-state index in [9.17, 15) is 4.79 Å². The molecule has 1 aromatic heterocycles. The first-order chi connectivity index (χ1) is 17.5. The van der Waals surface area contributed by atoms with Crippen molar-refractivity contribution in [1.29, 1.82) is 0 Å². The zero-order valence-electron chi connectivity index (χ0n) is 20.2. The fourth-order valence-electron chi connectivity index (χ4n) is 3.65. The van der Waals surface area contributed by atoms with Crippen LogP contribution in [0.1, 0.15) is 24.2 Å². The minimum Gasteiger partial charge on any atom is -0.497 e. The van der Waals surface area contributed by atoms with E-state index in [1.807, 2.05) is 42.5 Å². The number of benzene rings is 3. The molecule has 0 atom stereocenters. The highest BCUT2D eigenvalue weighted by Gasteiger charge is 2.20. The van der Waals surface area contributed by atoms with E-state index in [2.05, 4.69) is 29.2 Å². The average Bonchev–Trinajstić information content (AvgIpc) is 3.54. The molecular formula is C27H26N4O5. The van der Waals surface area contributed by atoms with Crippen molar-refractivity contribution >= 4 is 11.6 Å². The first kappa shape index (κ1) is 23.2. The minimum absolute atomic E-state index is 0.192. The molecule has 184 valence electrons. The molecule has 0 unspecified atom stereocenters. The number of aromatic nitrogens is 3. The van der Waals surface area contributed by atoms with Crippen molar-refractivity contribution < 1.29 is 23.7 Å². The second-order valence-corrected chi connectivity index (χ2v) is 8.64. The predicted molar refractivity (Wildman–Crippen MR) is 134 cm³/mol. The van der Waals surface area contributed by atoms with E-state index in [0.717, 1.165) is 11.3 Å². The molecule has 4 aromatic rings. The molecular weight excluding hydrogens is 460 g/mol. The lowest BCUT2D eigenvalue weighted by Gasteiger charge is -2.09. The Morgan fingerprint density at radius 3 is 2.64 bits per heavy atom. The molecule has 0 fully saturated rings. The number of carbonyl (C=O) groups excluding carboxylic acids is 1. The second-order valence-electron chi connectivity index (χ2n) is 8.64. The van der Waals surface area contributed by atoms with Crippen LogP contribution < -0.4 is 24.3 Å². The topological polar surface area (TPSA) is 96.7 Å². The number of anilines is 1. The Labute approximate surface area is 208 Å². The third kappa shape index (κ3) is 4.95. The first-order valence-corrected chi connectivity index (χ1v) is 11.6. The van der Waals surface area contributed by atoms with Crippen LogP contribution >= 0.6 is 0 Å². The molecule has 1 N–H and O–H groups in total. The fourth-order valence-corrected chi connectivity index (χ4v) is 3.65. The SMILES string of the molecule is COc1cccc(C(=O)Nc2ccc(-n3nc(OCC(C)C)nc3-c3ccc4c(c3)OCO4)cc2)c1. The quantitative estimate of drug-likeness (QED) is 0.376. The van der Waals surface area contributed by atoms with Gasteiger partial charge in [0.1, 0.15) is 5.75 Å². The molecule has 5 rings (SSSR count). The van der Waals surface area contributed by atoms with Crippen molar-refractivity contribution in [2.24, 2.45) is 5.92 Å². The summed E-state index contributed by atoms with van der Waals surface area (Å²) in [7, 11) is 1.57. The van der Waals surface area contributed by atoms with Gasteiger partial charge in [0.2, 0.25) is 6.79 Å². The molecule has 36 heavy (non-hydrogen) atoms. The third-order valence-electron chi connectivity index (χ3n) is 5.47. The lowest BCUT2D eigenvalue weighted by atomic mass is 10.1. The van der Waals surface area contributed by atoms with E-state index in [-0.39, 0.29) is 18.7 Å². The summed E-state index contributed by atoms with van der Waals surface area (Å²) in [5.74, 6) is 2.67. The van der Waals surface area contributed by atoms with Crippen LogP contribution in [0.3, 0.4) is 0 Å². The number of amides is 1. The standard InChI is InChI=1S/C27H26N4O5/c1-17(2)15-34-27-29-25(18-7-12-23-24(14-18)36-16-35-23)31(30-27)21-10-8-20(9-11-21)28-26(32)19-5-4-6-22(13-19)33-3/h4-14,17H,15-16H2,1-3H3,(H,28,32). The molecule has 9 heteroatoms. The maximum absolute atomic E-state index is 12.7. The van der Waals surface area contributed by atoms with Crippen LogP contribution in [0.4, 0.5) is 5.69 Å². The Morgan fingerprint density at radius 2 is 1.86 bits per heavy atom. The summed E-state index contributed by atoms with van der Waals surface area (Å²) < 4.78 is 23.7. The zero-order valence-corrected chi connectivity index (χ0v) is 20.2. The van der Waals surface area contributed by atoms with Crippen molar-refractivity contribution in [3.8, 4) is 40.3 Å². The summed E-state index contributed by atoms with van der Waals surface area (Å²) in [6.45, 7) is 4.82. The first-order valence-electron chi connectivity index (χ1n) is 11.6. The van der Waals surface area contributed by atoms with Gasteiger partial charge >= 0.3 is 6.01 Å². The van der Waals surface area contributed by atoms with Crippen LogP contribution in [0.25, 0.3) is 17.1 Å². The monoisotopic (exact) mass is 486 g/mol. The Morgan fingerprint density at radius 1 is 1.06 bits per heavy atom. The molecule has 1 aliphatic heterocycles. The fraction of sp³-hybridized carbons (Fsp3) is 0.222. The molecule has 0 spiro atoms. The van der Waals surface area contributed by atoms with Gasteiger partial charge in [0, 0.05) is 16.8 Å². The van der Waals surface area contributed by atoms with E-state index < -0.39 is 0 Å². The van der Waals surface area contributed by atoms with Crippen LogP contribution in [-0.4, -0.2) is 41.2 Å². The largest absolute Gasteiger partial charge is 0.497 e. The number of ether oxygens (including phenoxy) is 4. The third-order valence-corrected chi connectivity index (χ3v) is 5.47. The zero-order chi connectivity index (χ0) is 25.1. The van der Waals surface area contributed by atoms with E-state index in [0.29, 0.717) is 46.8 Å². The molecule has 0 saturated heterocycles. The number of nitrogens with one attached hydrogen (secondary N) is 1. The van der Waals surface area contributed by atoms with E-state index >= 15 is 0 Å². The van der Waals surface area contributed by atoms with Gasteiger partial charge < -0.3 is 24.3 Å². The molecule has 0 saturated carbocycles. The summed E-state index contributed by atoms with van der Waals surface area (Å²) in [4.78, 5) is 17.3. The Hall–Kier alpha value is -4.53. The highest BCUT2D eigenvalue weighted by molar-refractivity contribution is 6.04. The van der Waals surface area contributed by atoms with Crippen LogP contribution in [0.2, 0.25) is 0 Å². The smallest absolute Gasteiger partial charge is 0.336 e. The van der Waals surface area contributed by atoms with Crippen molar-refractivity contribution in [3.63, 3.8) is 0 Å². The molecule has 0 bridgehead atoms. The minimum atomic E-state index is -0.229. The van der Waals surface area contributed by atoms with Crippen molar-refractivity contribution in [1.82, 2.24) is 14.8 Å². The average molecular weight is 487 g/mol. The van der Waals surface area contributed by atoms with Gasteiger partial charge in [0.15, 0.2) is 17.3 Å². The van der Waals surface area contributed by atoms with Gasteiger partial charge in [-0.25, -0.2) is 4.68 Å². The number of rotatable bonds is 8. The summed E-state index contributed by atoms with van der Waals surface area (Å²) in [5.41, 5.74) is 2.72. The van der Waals surface area contributed by atoms with Gasteiger partial charge in [-0.3, -0.25) is 4.79 Å². The van der Waals surface area contributed by atoms with E-state index in [1.165, 1.54) is 0 Å². The van der Waals surface area contributed by atoms with Gasteiger partial charge in [0.25, 0.3) is 5.91 Å². The van der Waals surface area contributed by atoms with E-state index in [4.69, 9.17) is 18.9 Å². The van der Waals surface area contributed by atoms with Gasteiger partial charge in [-0.1, -0.05) is 19.9 Å². The number of carbonyl (C=O) groups is 1. The maximum Gasteiger partial charge on any atom is 0.336 e. The van der Waals surface area contributed by atoms with Crippen LogP contribution in [0, 0.1) is 5.92 Å². The summed E-state index contributed by atoms with van der Waals surface area (Å²) in [6, 6.07) is 20.2. The number of hydrogen-bond donors (Lipinski definition) is 1. The second kappa shape index (κ2) is 9.99. The van der Waals surface area contributed by atoms with Gasteiger partial charge in [-0.05, 0) is 66.6 Å². The van der Waals surface area contributed by atoms with Crippen molar-refractivity contribution in [2.45, 2.75) is 13.8 Å². The predicted octanol–water partition coefficient (Wildman–Crippen LogP) is 4.96. The Balaban J connectivity index is 1.42. The number of hydrogen-bond acceptors (Lipinski definition) is 7. The lowest BCUT2D eigenvalue weighted by molar-refractivity contribution is 0.102. The number of methoxy groups -OCH3 is 1. The molecule has 1 amide bonds. The molecule has 0 radical (unpaired) electrons. The maximum atomic E-state index is 12.7. The highest BCUT2D eigenvalue weighted by atomic mass is 16.7. The summed E-state index contributed by atoms with van der Waals surface area (Å²) in [6.07, 6.45) is 0. The summed E-state index contributed by atoms with van der Waals surface area (Å²) >= 11 is 0. The molecule has 3 aromatic carbocycles. The van der Waals surface area contributed by atoms with Crippen LogP contribution in [0.5, 0.6) is 23.3 Å². The Kier molecular flexibility index (Phi) is 6.44. The molecule has 9 nitrogen and oxygen atoms in total.